The number of aryl methyl sites for hydroxylation is 2. The third-order valence-electron chi connectivity index (χ3n) is 3.42. The second-order valence-corrected chi connectivity index (χ2v) is 5.32. The van der Waals surface area contributed by atoms with E-state index in [-0.39, 0.29) is 0 Å². The van der Waals surface area contributed by atoms with Gasteiger partial charge in [0.1, 0.15) is 17.5 Å². The highest BCUT2D eigenvalue weighted by atomic mass is 15.2. The van der Waals surface area contributed by atoms with Gasteiger partial charge in [-0.15, -0.1) is 0 Å². The normalized spacial score (nSPS) is 10.7. The molecule has 0 saturated carbocycles. The third-order valence-corrected chi connectivity index (χ3v) is 3.42. The van der Waals surface area contributed by atoms with Crippen molar-refractivity contribution in [2.45, 2.75) is 33.2 Å². The number of rotatable bonds is 6. The first-order valence-corrected chi connectivity index (χ1v) is 7.29. The summed E-state index contributed by atoms with van der Waals surface area (Å²) < 4.78 is 1.82. The van der Waals surface area contributed by atoms with Crippen LogP contribution >= 0.6 is 0 Å². The summed E-state index contributed by atoms with van der Waals surface area (Å²) in [6, 6.07) is 0. The summed E-state index contributed by atoms with van der Waals surface area (Å²) >= 11 is 0. The maximum atomic E-state index is 4.72. The monoisotopic (exact) mass is 288 g/mol. The van der Waals surface area contributed by atoms with Crippen molar-refractivity contribution in [3.63, 3.8) is 0 Å². The van der Waals surface area contributed by atoms with E-state index in [1.54, 1.807) is 0 Å². The molecule has 0 unspecified atom stereocenters. The summed E-state index contributed by atoms with van der Waals surface area (Å²) in [5.74, 6) is 2.77. The van der Waals surface area contributed by atoms with Crippen molar-refractivity contribution in [2.75, 3.05) is 24.3 Å². The van der Waals surface area contributed by atoms with Crippen LogP contribution in [0.5, 0.6) is 0 Å². The smallest absolute Gasteiger partial charge is 0.137 e. The molecule has 0 saturated heterocycles. The molecule has 114 valence electrons. The Hall–Kier alpha value is -2.11. The summed E-state index contributed by atoms with van der Waals surface area (Å²) in [4.78, 5) is 11.4. The summed E-state index contributed by atoms with van der Waals surface area (Å²) in [7, 11) is 5.88. The second-order valence-electron chi connectivity index (χ2n) is 5.32. The molecule has 21 heavy (non-hydrogen) atoms. The SMILES string of the molecule is CCCc1nc(NC)c(C)c(N(C)Cc2cnn(C)c2)n1. The largest absolute Gasteiger partial charge is 0.373 e. The minimum Gasteiger partial charge on any atom is -0.373 e. The average Bonchev–Trinajstić information content (AvgIpc) is 2.86. The van der Waals surface area contributed by atoms with E-state index in [2.05, 4.69) is 41.2 Å². The number of anilines is 2. The van der Waals surface area contributed by atoms with Crippen LogP contribution in [0.25, 0.3) is 0 Å². The fraction of sp³-hybridized carbons (Fsp3) is 0.533. The van der Waals surface area contributed by atoms with Gasteiger partial charge in [-0.05, 0) is 13.3 Å². The zero-order valence-corrected chi connectivity index (χ0v) is 13.5. The molecule has 0 spiro atoms. The van der Waals surface area contributed by atoms with Crippen LogP contribution in [0, 0.1) is 6.92 Å². The Labute approximate surface area is 126 Å². The maximum Gasteiger partial charge on any atom is 0.137 e. The lowest BCUT2D eigenvalue weighted by Crippen LogP contribution is -2.20. The molecule has 1 N–H and O–H groups in total. The van der Waals surface area contributed by atoms with Gasteiger partial charge in [0.2, 0.25) is 0 Å². The zero-order valence-electron chi connectivity index (χ0n) is 13.5. The van der Waals surface area contributed by atoms with Crippen molar-refractivity contribution >= 4 is 11.6 Å². The van der Waals surface area contributed by atoms with Gasteiger partial charge in [0.25, 0.3) is 0 Å². The number of hydrogen-bond donors (Lipinski definition) is 1. The lowest BCUT2D eigenvalue weighted by Gasteiger charge is -2.21. The van der Waals surface area contributed by atoms with Gasteiger partial charge >= 0.3 is 0 Å². The first-order chi connectivity index (χ1) is 10.0. The molecule has 0 aliphatic rings. The fourth-order valence-corrected chi connectivity index (χ4v) is 2.40. The molecular formula is C15H24N6. The van der Waals surface area contributed by atoms with E-state index >= 15 is 0 Å². The van der Waals surface area contributed by atoms with E-state index in [0.29, 0.717) is 0 Å². The molecule has 0 aliphatic carbocycles. The van der Waals surface area contributed by atoms with Crippen molar-refractivity contribution in [3.8, 4) is 0 Å². The molecule has 6 heteroatoms. The fourth-order valence-electron chi connectivity index (χ4n) is 2.40. The molecule has 2 heterocycles. The Balaban J connectivity index is 2.29. The molecule has 6 nitrogen and oxygen atoms in total. The highest BCUT2D eigenvalue weighted by Gasteiger charge is 2.14. The molecule has 0 atom stereocenters. The van der Waals surface area contributed by atoms with Crippen LogP contribution in [0.2, 0.25) is 0 Å². The van der Waals surface area contributed by atoms with Gasteiger partial charge in [0, 0.05) is 51.4 Å². The van der Waals surface area contributed by atoms with Crippen molar-refractivity contribution < 1.29 is 0 Å². The summed E-state index contributed by atoms with van der Waals surface area (Å²) in [6.45, 7) is 4.97. The van der Waals surface area contributed by atoms with Crippen LogP contribution in [-0.2, 0) is 20.0 Å². The first-order valence-electron chi connectivity index (χ1n) is 7.29. The lowest BCUT2D eigenvalue weighted by atomic mass is 10.2. The Morgan fingerprint density at radius 3 is 2.67 bits per heavy atom. The molecule has 0 fully saturated rings. The standard InChI is InChI=1S/C15H24N6/c1-6-7-13-18-14(16-3)11(2)15(19-13)20(4)9-12-8-17-21(5)10-12/h8,10H,6-7,9H2,1-5H3,(H,16,18,19). The van der Waals surface area contributed by atoms with E-state index < -0.39 is 0 Å². The van der Waals surface area contributed by atoms with Crippen LogP contribution in [-0.4, -0.2) is 33.8 Å². The predicted octanol–water partition coefficient (Wildman–Crippen LogP) is 2.15. The van der Waals surface area contributed by atoms with Crippen molar-refractivity contribution in [2.24, 2.45) is 7.05 Å². The molecule has 0 aliphatic heterocycles. The number of aromatic nitrogens is 4. The molecule has 0 amide bonds. The molecule has 2 aromatic heterocycles. The molecule has 0 aromatic carbocycles. The number of nitrogens with zero attached hydrogens (tertiary/aromatic N) is 5. The lowest BCUT2D eigenvalue weighted by molar-refractivity contribution is 0.765. The average molecular weight is 288 g/mol. The first kappa shape index (κ1) is 15.3. The maximum absolute atomic E-state index is 4.72. The number of nitrogens with one attached hydrogen (secondary N) is 1. The van der Waals surface area contributed by atoms with Gasteiger partial charge in [-0.25, -0.2) is 9.97 Å². The molecular weight excluding hydrogens is 264 g/mol. The third kappa shape index (κ3) is 3.51. The molecule has 2 aromatic rings. The summed E-state index contributed by atoms with van der Waals surface area (Å²) in [6.07, 6.45) is 5.85. The van der Waals surface area contributed by atoms with Crippen LogP contribution < -0.4 is 10.2 Å². The summed E-state index contributed by atoms with van der Waals surface area (Å²) in [5.41, 5.74) is 2.24. The van der Waals surface area contributed by atoms with Gasteiger partial charge in [-0.1, -0.05) is 6.92 Å². The van der Waals surface area contributed by atoms with Crippen molar-refractivity contribution in [1.29, 1.82) is 0 Å². The van der Waals surface area contributed by atoms with Gasteiger partial charge in [0.05, 0.1) is 6.20 Å². The highest BCUT2D eigenvalue weighted by molar-refractivity contribution is 5.58. The van der Waals surface area contributed by atoms with Crippen LogP contribution in [0.1, 0.15) is 30.3 Å². The molecule has 0 radical (unpaired) electrons. The van der Waals surface area contributed by atoms with Crippen LogP contribution in [0.4, 0.5) is 11.6 Å². The van der Waals surface area contributed by atoms with Crippen LogP contribution in [0.3, 0.4) is 0 Å². The Bertz CT molecular complexity index is 604. The topological polar surface area (TPSA) is 58.9 Å². The Morgan fingerprint density at radius 1 is 1.33 bits per heavy atom. The predicted molar refractivity (Wildman–Crippen MR) is 85.6 cm³/mol. The van der Waals surface area contributed by atoms with E-state index in [1.165, 1.54) is 5.56 Å². The second kappa shape index (κ2) is 6.56. The van der Waals surface area contributed by atoms with Crippen LogP contribution in [0.15, 0.2) is 12.4 Å². The van der Waals surface area contributed by atoms with Crippen molar-refractivity contribution in [3.05, 3.63) is 29.3 Å². The number of hydrogen-bond acceptors (Lipinski definition) is 5. The van der Waals surface area contributed by atoms with Gasteiger partial charge in [-0.3, -0.25) is 4.68 Å². The summed E-state index contributed by atoms with van der Waals surface area (Å²) in [5, 5.41) is 7.37. The van der Waals surface area contributed by atoms with E-state index in [9.17, 15) is 0 Å². The van der Waals surface area contributed by atoms with E-state index in [4.69, 9.17) is 4.98 Å². The van der Waals surface area contributed by atoms with Gasteiger partial charge < -0.3 is 10.2 Å². The highest BCUT2D eigenvalue weighted by Crippen LogP contribution is 2.24. The van der Waals surface area contributed by atoms with E-state index in [0.717, 1.165) is 42.4 Å². The quantitative estimate of drug-likeness (QED) is 0.882. The van der Waals surface area contributed by atoms with Gasteiger partial charge in [0.15, 0.2) is 0 Å². The van der Waals surface area contributed by atoms with Crippen molar-refractivity contribution in [1.82, 2.24) is 19.7 Å². The van der Waals surface area contributed by atoms with Gasteiger partial charge in [-0.2, -0.15) is 5.10 Å². The molecule has 0 bridgehead atoms. The minimum absolute atomic E-state index is 0.778. The van der Waals surface area contributed by atoms with E-state index in [1.807, 2.05) is 31.2 Å². The zero-order chi connectivity index (χ0) is 15.4. The Morgan fingerprint density at radius 2 is 2.10 bits per heavy atom. The molecule has 2 rings (SSSR count). The minimum atomic E-state index is 0.778. The Kier molecular flexibility index (Phi) is 4.77.